The van der Waals surface area contributed by atoms with Crippen molar-refractivity contribution in [2.24, 2.45) is 0 Å². The number of carboxylic acid groups (broad SMARTS) is 1. The zero-order valence-electron chi connectivity index (χ0n) is 9.74. The van der Waals surface area contributed by atoms with Crippen LogP contribution in [0.1, 0.15) is 10.4 Å². The number of carboxylic acids is 1. The number of benzene rings is 1. The van der Waals surface area contributed by atoms with Crippen molar-refractivity contribution in [3.8, 4) is 0 Å². The lowest BCUT2D eigenvalue weighted by atomic mass is 10.2. The Labute approximate surface area is 114 Å². The van der Waals surface area contributed by atoms with E-state index in [0.717, 1.165) is 21.8 Å². The molecule has 0 aliphatic heterocycles. The molecule has 0 radical (unpaired) electrons. The second-order valence-electron chi connectivity index (χ2n) is 3.87. The number of carbonyl (C=O) groups is 1. The van der Waals surface area contributed by atoms with Crippen molar-refractivity contribution in [3.05, 3.63) is 45.1 Å². The molecule has 0 aliphatic carbocycles. The van der Waals surface area contributed by atoms with Crippen LogP contribution >= 0.6 is 22.9 Å². The van der Waals surface area contributed by atoms with Crippen LogP contribution in [0.5, 0.6) is 0 Å². The summed E-state index contributed by atoms with van der Waals surface area (Å²) in [5, 5.41) is 14.6. The Hall–Kier alpha value is -1.52. The molecule has 1 aromatic carbocycles. The summed E-state index contributed by atoms with van der Waals surface area (Å²) in [6, 6.07) is 7.39. The predicted molar refractivity (Wildman–Crippen MR) is 75.1 cm³/mol. The normalized spacial score (nSPS) is 10.3. The van der Waals surface area contributed by atoms with Crippen LogP contribution in [0.4, 0.5) is 11.4 Å². The summed E-state index contributed by atoms with van der Waals surface area (Å²) in [5.74, 6) is -0.838. The molecule has 2 aromatic rings. The highest BCUT2D eigenvalue weighted by atomic mass is 35.5. The maximum Gasteiger partial charge on any atom is 0.307 e. The second-order valence-corrected chi connectivity index (χ2v) is 5.36. The van der Waals surface area contributed by atoms with Crippen LogP contribution in [0.2, 0.25) is 5.02 Å². The van der Waals surface area contributed by atoms with E-state index in [9.17, 15) is 4.79 Å². The molecule has 0 spiro atoms. The molecule has 18 heavy (non-hydrogen) atoms. The van der Waals surface area contributed by atoms with E-state index < -0.39 is 5.97 Å². The van der Waals surface area contributed by atoms with Gasteiger partial charge in [0.2, 0.25) is 0 Å². The lowest BCUT2D eigenvalue weighted by Crippen LogP contribution is -2.02. The summed E-state index contributed by atoms with van der Waals surface area (Å²) >= 11 is 7.61. The SMILES string of the molecule is Cc1scc(CC(=O)O)c1Nc1ccccc1Cl. The molecule has 1 aromatic heterocycles. The van der Waals surface area contributed by atoms with Gasteiger partial charge in [0.15, 0.2) is 0 Å². The molecule has 2 N–H and O–H groups in total. The Morgan fingerprint density at radius 3 is 2.83 bits per heavy atom. The van der Waals surface area contributed by atoms with E-state index >= 15 is 0 Å². The van der Waals surface area contributed by atoms with Crippen LogP contribution in [0, 0.1) is 6.92 Å². The molecule has 0 unspecified atom stereocenters. The van der Waals surface area contributed by atoms with Gasteiger partial charge in [0.05, 0.1) is 22.8 Å². The van der Waals surface area contributed by atoms with E-state index in [2.05, 4.69) is 5.32 Å². The topological polar surface area (TPSA) is 49.3 Å². The minimum Gasteiger partial charge on any atom is -0.481 e. The van der Waals surface area contributed by atoms with Crippen LogP contribution in [0.3, 0.4) is 0 Å². The Balaban J connectivity index is 2.31. The van der Waals surface area contributed by atoms with Gasteiger partial charge in [0.25, 0.3) is 0 Å². The number of para-hydroxylation sites is 1. The zero-order chi connectivity index (χ0) is 13.1. The highest BCUT2D eigenvalue weighted by Gasteiger charge is 2.12. The minimum atomic E-state index is -0.838. The van der Waals surface area contributed by atoms with Gasteiger partial charge >= 0.3 is 5.97 Å². The largest absolute Gasteiger partial charge is 0.481 e. The Bertz CT molecular complexity index is 580. The fraction of sp³-hybridized carbons (Fsp3) is 0.154. The molecule has 2 rings (SSSR count). The molecule has 94 valence electrons. The molecule has 0 saturated carbocycles. The molecule has 0 aliphatic rings. The van der Waals surface area contributed by atoms with Gasteiger partial charge in [0.1, 0.15) is 0 Å². The second kappa shape index (κ2) is 5.42. The Morgan fingerprint density at radius 2 is 2.17 bits per heavy atom. The van der Waals surface area contributed by atoms with Crippen molar-refractivity contribution in [1.82, 2.24) is 0 Å². The van der Waals surface area contributed by atoms with E-state index in [-0.39, 0.29) is 6.42 Å². The third-order valence-electron chi connectivity index (χ3n) is 2.53. The fourth-order valence-corrected chi connectivity index (χ4v) is 2.67. The number of hydrogen-bond acceptors (Lipinski definition) is 3. The first-order chi connectivity index (χ1) is 8.58. The highest BCUT2D eigenvalue weighted by molar-refractivity contribution is 7.10. The number of halogens is 1. The average Bonchev–Trinajstić information content (AvgIpc) is 2.64. The maximum atomic E-state index is 10.8. The number of rotatable bonds is 4. The fourth-order valence-electron chi connectivity index (χ4n) is 1.66. The van der Waals surface area contributed by atoms with Gasteiger partial charge in [-0.05, 0) is 30.0 Å². The van der Waals surface area contributed by atoms with Crippen LogP contribution < -0.4 is 5.32 Å². The van der Waals surface area contributed by atoms with Crippen LogP contribution in [-0.2, 0) is 11.2 Å². The lowest BCUT2D eigenvalue weighted by Gasteiger charge is -2.10. The number of anilines is 2. The summed E-state index contributed by atoms with van der Waals surface area (Å²) in [6.45, 7) is 1.95. The van der Waals surface area contributed by atoms with Gasteiger partial charge < -0.3 is 10.4 Å². The predicted octanol–water partition coefficient (Wildman–Crippen LogP) is 4.08. The van der Waals surface area contributed by atoms with Gasteiger partial charge in [-0.25, -0.2) is 0 Å². The first kappa shape index (κ1) is 12.9. The molecule has 0 saturated heterocycles. The maximum absolute atomic E-state index is 10.8. The Kier molecular flexibility index (Phi) is 3.89. The number of nitrogens with one attached hydrogen (secondary N) is 1. The van der Waals surface area contributed by atoms with Crippen molar-refractivity contribution in [2.75, 3.05) is 5.32 Å². The molecule has 0 bridgehead atoms. The van der Waals surface area contributed by atoms with Crippen molar-refractivity contribution in [1.29, 1.82) is 0 Å². The molecule has 5 heteroatoms. The molecule has 0 amide bonds. The van der Waals surface area contributed by atoms with E-state index in [4.69, 9.17) is 16.7 Å². The smallest absolute Gasteiger partial charge is 0.307 e. The van der Waals surface area contributed by atoms with Gasteiger partial charge in [-0.3, -0.25) is 4.79 Å². The van der Waals surface area contributed by atoms with E-state index in [1.54, 1.807) is 6.07 Å². The lowest BCUT2D eigenvalue weighted by molar-refractivity contribution is -0.136. The molecule has 0 fully saturated rings. The summed E-state index contributed by atoms with van der Waals surface area (Å²) < 4.78 is 0. The van der Waals surface area contributed by atoms with E-state index in [1.807, 2.05) is 30.5 Å². The molecule has 0 atom stereocenters. The number of aryl methyl sites for hydroxylation is 1. The number of aliphatic carboxylic acids is 1. The summed E-state index contributed by atoms with van der Waals surface area (Å²) in [5.41, 5.74) is 2.41. The number of thiophene rings is 1. The molecular formula is C13H12ClNO2S. The third kappa shape index (κ3) is 2.83. The van der Waals surface area contributed by atoms with Crippen molar-refractivity contribution >= 4 is 40.3 Å². The summed E-state index contributed by atoms with van der Waals surface area (Å²) in [7, 11) is 0. The van der Waals surface area contributed by atoms with Crippen LogP contribution in [-0.4, -0.2) is 11.1 Å². The van der Waals surface area contributed by atoms with Gasteiger partial charge in [0, 0.05) is 4.88 Å². The van der Waals surface area contributed by atoms with Crippen molar-refractivity contribution in [3.63, 3.8) is 0 Å². The Morgan fingerprint density at radius 1 is 1.44 bits per heavy atom. The first-order valence-corrected chi connectivity index (χ1v) is 6.64. The summed E-state index contributed by atoms with van der Waals surface area (Å²) in [4.78, 5) is 11.8. The van der Waals surface area contributed by atoms with Crippen LogP contribution in [0.15, 0.2) is 29.6 Å². The zero-order valence-corrected chi connectivity index (χ0v) is 11.3. The minimum absolute atomic E-state index is 0.0110. The van der Waals surface area contributed by atoms with Crippen molar-refractivity contribution in [2.45, 2.75) is 13.3 Å². The highest BCUT2D eigenvalue weighted by Crippen LogP contribution is 2.33. The monoisotopic (exact) mass is 281 g/mol. The van der Waals surface area contributed by atoms with Gasteiger partial charge in [-0.2, -0.15) is 0 Å². The van der Waals surface area contributed by atoms with Gasteiger partial charge in [-0.1, -0.05) is 23.7 Å². The molecule has 3 nitrogen and oxygen atoms in total. The average molecular weight is 282 g/mol. The van der Waals surface area contributed by atoms with E-state index in [1.165, 1.54) is 11.3 Å². The summed E-state index contributed by atoms with van der Waals surface area (Å²) in [6.07, 6.45) is 0.0110. The molecular weight excluding hydrogens is 270 g/mol. The van der Waals surface area contributed by atoms with Crippen LogP contribution in [0.25, 0.3) is 0 Å². The van der Waals surface area contributed by atoms with Crippen molar-refractivity contribution < 1.29 is 9.90 Å². The first-order valence-electron chi connectivity index (χ1n) is 5.38. The standard InChI is InChI=1S/C13H12ClNO2S/c1-8-13(9(7-18-8)6-12(16)17)15-11-5-3-2-4-10(11)14/h2-5,7,15H,6H2,1H3,(H,16,17). The number of hydrogen-bond donors (Lipinski definition) is 2. The van der Waals surface area contributed by atoms with E-state index in [0.29, 0.717) is 5.02 Å². The third-order valence-corrected chi connectivity index (χ3v) is 3.82. The molecule has 1 heterocycles. The van der Waals surface area contributed by atoms with Gasteiger partial charge in [-0.15, -0.1) is 11.3 Å². The quantitative estimate of drug-likeness (QED) is 0.888.